The molecule has 0 spiro atoms. The molecule has 0 fully saturated rings. The number of halogens is 3. The number of carboxylic acid groups (broad SMARTS) is 1. The molecule has 0 aliphatic rings. The first-order valence-corrected chi connectivity index (χ1v) is 6.62. The third kappa shape index (κ3) is 4.38. The average Bonchev–Trinajstić information content (AvgIpc) is 2.47. The number of anilines is 2. The van der Waals surface area contributed by atoms with Crippen molar-refractivity contribution >= 4 is 17.3 Å². The quantitative estimate of drug-likeness (QED) is 0.869. The number of hydrogen-bond donors (Lipinski definition) is 2. The highest BCUT2D eigenvalue weighted by Crippen LogP contribution is 2.35. The van der Waals surface area contributed by atoms with E-state index in [-0.39, 0.29) is 17.9 Å². The van der Waals surface area contributed by atoms with E-state index in [1.165, 1.54) is 13.2 Å². The summed E-state index contributed by atoms with van der Waals surface area (Å²) in [5.41, 5.74) is 0.206. The largest absolute Gasteiger partial charge is 0.497 e. The van der Waals surface area contributed by atoms with E-state index in [2.05, 4.69) is 5.32 Å². The smallest absolute Gasteiger partial charge is 0.416 e. The summed E-state index contributed by atoms with van der Waals surface area (Å²) in [7, 11) is 1.28. The summed E-state index contributed by atoms with van der Waals surface area (Å²) in [5, 5.41) is 11.7. The van der Waals surface area contributed by atoms with E-state index in [1.54, 1.807) is 24.3 Å². The number of alkyl halides is 3. The Kier molecular flexibility index (Phi) is 4.78. The monoisotopic (exact) mass is 325 g/mol. The van der Waals surface area contributed by atoms with E-state index in [0.717, 1.165) is 12.1 Å². The third-order valence-corrected chi connectivity index (χ3v) is 3.11. The van der Waals surface area contributed by atoms with Crippen LogP contribution in [0.3, 0.4) is 0 Å². The Bertz CT molecular complexity index is 714. The summed E-state index contributed by atoms with van der Waals surface area (Å²) in [6, 6.07) is 9.78. The minimum Gasteiger partial charge on any atom is -0.497 e. The maximum Gasteiger partial charge on any atom is 0.416 e. The SMILES string of the molecule is COc1cc(Nc2ccccc2CC(=O)O)cc(C(F)(F)F)c1. The van der Waals surface area contributed by atoms with Gasteiger partial charge in [-0.2, -0.15) is 13.2 Å². The lowest BCUT2D eigenvalue weighted by atomic mass is 10.1. The molecule has 4 nitrogen and oxygen atoms in total. The topological polar surface area (TPSA) is 58.6 Å². The van der Waals surface area contributed by atoms with E-state index in [4.69, 9.17) is 9.84 Å². The molecule has 23 heavy (non-hydrogen) atoms. The van der Waals surface area contributed by atoms with Crippen molar-refractivity contribution in [2.75, 3.05) is 12.4 Å². The van der Waals surface area contributed by atoms with Gasteiger partial charge in [0.1, 0.15) is 5.75 Å². The van der Waals surface area contributed by atoms with Crippen molar-refractivity contribution in [2.45, 2.75) is 12.6 Å². The lowest BCUT2D eigenvalue weighted by molar-refractivity contribution is -0.138. The molecular weight excluding hydrogens is 311 g/mol. The standard InChI is InChI=1S/C16H14F3NO3/c1-23-13-8-11(16(17,18)19)7-12(9-13)20-14-5-3-2-4-10(14)6-15(21)22/h2-5,7-9,20H,6H2,1H3,(H,21,22). The van der Waals surface area contributed by atoms with Gasteiger partial charge < -0.3 is 15.2 Å². The van der Waals surface area contributed by atoms with Gasteiger partial charge in [-0.15, -0.1) is 0 Å². The van der Waals surface area contributed by atoms with Crippen LogP contribution in [0.25, 0.3) is 0 Å². The van der Waals surface area contributed by atoms with Crippen LogP contribution in [-0.2, 0) is 17.4 Å². The lowest BCUT2D eigenvalue weighted by Gasteiger charge is -2.15. The fourth-order valence-electron chi connectivity index (χ4n) is 2.07. The van der Waals surface area contributed by atoms with E-state index < -0.39 is 17.7 Å². The number of benzene rings is 2. The molecule has 2 N–H and O–H groups in total. The Morgan fingerprint density at radius 3 is 2.52 bits per heavy atom. The molecular formula is C16H14F3NO3. The molecule has 122 valence electrons. The Morgan fingerprint density at radius 1 is 1.22 bits per heavy atom. The number of carboxylic acids is 1. The van der Waals surface area contributed by atoms with E-state index >= 15 is 0 Å². The van der Waals surface area contributed by atoms with Gasteiger partial charge >= 0.3 is 12.1 Å². The zero-order valence-electron chi connectivity index (χ0n) is 12.1. The molecule has 7 heteroatoms. The zero-order chi connectivity index (χ0) is 17.0. The highest BCUT2D eigenvalue weighted by atomic mass is 19.4. The van der Waals surface area contributed by atoms with Gasteiger partial charge in [0.05, 0.1) is 19.1 Å². The summed E-state index contributed by atoms with van der Waals surface area (Å²) in [6.07, 6.45) is -4.75. The minimum atomic E-state index is -4.51. The van der Waals surface area contributed by atoms with Crippen molar-refractivity contribution in [3.63, 3.8) is 0 Å². The van der Waals surface area contributed by atoms with Crippen LogP contribution in [0.4, 0.5) is 24.5 Å². The maximum absolute atomic E-state index is 12.9. The summed E-state index contributed by atoms with van der Waals surface area (Å²) >= 11 is 0. The molecule has 2 aromatic carbocycles. The molecule has 0 saturated heterocycles. The van der Waals surface area contributed by atoms with Crippen LogP contribution in [0.1, 0.15) is 11.1 Å². The second-order valence-electron chi connectivity index (χ2n) is 4.80. The molecule has 0 saturated carbocycles. The van der Waals surface area contributed by atoms with Gasteiger partial charge in [-0.1, -0.05) is 18.2 Å². The molecule has 0 aliphatic heterocycles. The van der Waals surface area contributed by atoms with E-state index in [0.29, 0.717) is 11.3 Å². The first-order valence-electron chi connectivity index (χ1n) is 6.62. The first-order chi connectivity index (χ1) is 10.8. The van der Waals surface area contributed by atoms with Crippen LogP contribution in [0.5, 0.6) is 5.75 Å². The fraction of sp³-hybridized carbons (Fsp3) is 0.188. The highest BCUT2D eigenvalue weighted by molar-refractivity contribution is 5.75. The summed E-state index contributed by atoms with van der Waals surface area (Å²) in [6.45, 7) is 0. The fourth-order valence-corrected chi connectivity index (χ4v) is 2.07. The minimum absolute atomic E-state index is 0.0537. The summed E-state index contributed by atoms with van der Waals surface area (Å²) in [5.74, 6) is -0.973. The normalized spacial score (nSPS) is 11.1. The van der Waals surface area contributed by atoms with Crippen LogP contribution in [0.15, 0.2) is 42.5 Å². The van der Waals surface area contributed by atoms with Gasteiger partial charge in [0.15, 0.2) is 0 Å². The Morgan fingerprint density at radius 2 is 1.91 bits per heavy atom. The highest BCUT2D eigenvalue weighted by Gasteiger charge is 2.31. The molecule has 0 unspecified atom stereocenters. The summed E-state index contributed by atoms with van der Waals surface area (Å²) < 4.78 is 43.6. The number of nitrogens with one attached hydrogen (secondary N) is 1. The number of aliphatic carboxylic acids is 1. The molecule has 0 bridgehead atoms. The zero-order valence-corrected chi connectivity index (χ0v) is 12.1. The molecule has 0 aliphatic carbocycles. The van der Waals surface area contributed by atoms with E-state index in [1.807, 2.05) is 0 Å². The maximum atomic E-state index is 12.9. The van der Waals surface area contributed by atoms with Crippen molar-refractivity contribution < 1.29 is 27.8 Å². The first kappa shape index (κ1) is 16.7. The molecule has 2 aromatic rings. The van der Waals surface area contributed by atoms with Gasteiger partial charge in [0.25, 0.3) is 0 Å². The third-order valence-electron chi connectivity index (χ3n) is 3.11. The molecule has 0 radical (unpaired) electrons. The molecule has 0 aromatic heterocycles. The number of hydrogen-bond acceptors (Lipinski definition) is 3. The van der Waals surface area contributed by atoms with Crippen molar-refractivity contribution in [1.29, 1.82) is 0 Å². The average molecular weight is 325 g/mol. The lowest BCUT2D eigenvalue weighted by Crippen LogP contribution is -2.07. The van der Waals surface area contributed by atoms with Gasteiger partial charge in [-0.3, -0.25) is 4.79 Å². The van der Waals surface area contributed by atoms with Crippen LogP contribution >= 0.6 is 0 Å². The van der Waals surface area contributed by atoms with Crippen LogP contribution in [0, 0.1) is 0 Å². The molecule has 0 atom stereocenters. The van der Waals surface area contributed by atoms with Crippen LogP contribution in [-0.4, -0.2) is 18.2 Å². The molecule has 0 heterocycles. The molecule has 2 rings (SSSR count). The van der Waals surface area contributed by atoms with Gasteiger partial charge in [0.2, 0.25) is 0 Å². The Labute approximate surface area is 130 Å². The van der Waals surface area contributed by atoms with Crippen molar-refractivity contribution in [3.8, 4) is 5.75 Å². The second kappa shape index (κ2) is 6.60. The number of methoxy groups -OCH3 is 1. The van der Waals surface area contributed by atoms with Crippen LogP contribution in [0.2, 0.25) is 0 Å². The predicted molar refractivity (Wildman–Crippen MR) is 79.1 cm³/mol. The number of para-hydroxylation sites is 1. The Balaban J connectivity index is 2.39. The predicted octanol–water partition coefficient (Wildman–Crippen LogP) is 4.08. The van der Waals surface area contributed by atoms with Crippen molar-refractivity contribution in [1.82, 2.24) is 0 Å². The number of ether oxygens (including phenoxy) is 1. The second-order valence-corrected chi connectivity index (χ2v) is 4.80. The van der Waals surface area contributed by atoms with Crippen LogP contribution < -0.4 is 10.1 Å². The van der Waals surface area contributed by atoms with Gasteiger partial charge in [-0.05, 0) is 23.8 Å². The van der Waals surface area contributed by atoms with Gasteiger partial charge in [0, 0.05) is 17.4 Å². The Hall–Kier alpha value is -2.70. The molecule has 0 amide bonds. The number of rotatable bonds is 5. The number of carbonyl (C=O) groups is 1. The van der Waals surface area contributed by atoms with Gasteiger partial charge in [-0.25, -0.2) is 0 Å². The van der Waals surface area contributed by atoms with Crippen molar-refractivity contribution in [2.24, 2.45) is 0 Å². The summed E-state index contributed by atoms with van der Waals surface area (Å²) in [4.78, 5) is 10.9. The van der Waals surface area contributed by atoms with E-state index in [9.17, 15) is 18.0 Å². The van der Waals surface area contributed by atoms with Crippen molar-refractivity contribution in [3.05, 3.63) is 53.6 Å².